The molecule has 0 aromatic carbocycles. The minimum absolute atomic E-state index is 0.0980. The summed E-state index contributed by atoms with van der Waals surface area (Å²) in [5.74, 6) is -0.588. The quantitative estimate of drug-likeness (QED) is 0.607. The monoisotopic (exact) mass is 449 g/mol. The van der Waals surface area contributed by atoms with Crippen molar-refractivity contribution in [3.05, 3.63) is 76.3 Å². The van der Waals surface area contributed by atoms with E-state index in [-0.39, 0.29) is 24.3 Å². The Kier molecular flexibility index (Phi) is 5.44. The van der Waals surface area contributed by atoms with Gasteiger partial charge in [-0.3, -0.25) is 19.6 Å². The highest BCUT2D eigenvalue weighted by molar-refractivity contribution is 7.09. The van der Waals surface area contributed by atoms with Crippen LogP contribution >= 0.6 is 11.3 Å². The topological polar surface area (TPSA) is 88.5 Å². The van der Waals surface area contributed by atoms with Crippen molar-refractivity contribution >= 4 is 23.2 Å². The number of likely N-dealkylation sites (tertiary alicyclic amines) is 1. The van der Waals surface area contributed by atoms with Crippen molar-refractivity contribution < 1.29 is 14.3 Å². The molecule has 0 unspecified atom stereocenters. The Morgan fingerprint density at radius 2 is 2.09 bits per heavy atom. The maximum atomic E-state index is 13.9. The molecule has 5 heterocycles. The average Bonchev–Trinajstić information content (AvgIpc) is 3.42. The van der Waals surface area contributed by atoms with Gasteiger partial charge in [0, 0.05) is 55.7 Å². The third-order valence-electron chi connectivity index (χ3n) is 6.10. The fourth-order valence-electron chi connectivity index (χ4n) is 4.55. The Morgan fingerprint density at radius 1 is 1.25 bits per heavy atom. The van der Waals surface area contributed by atoms with Crippen molar-refractivity contribution in [1.29, 1.82) is 0 Å². The Morgan fingerprint density at radius 3 is 2.81 bits per heavy atom. The average molecular weight is 450 g/mol. The number of pyridine rings is 2. The van der Waals surface area contributed by atoms with Crippen LogP contribution in [0.2, 0.25) is 0 Å². The van der Waals surface area contributed by atoms with Crippen LogP contribution in [0.25, 0.3) is 0 Å². The van der Waals surface area contributed by atoms with Crippen molar-refractivity contribution in [2.75, 3.05) is 26.2 Å². The number of thiazole rings is 1. The van der Waals surface area contributed by atoms with Crippen molar-refractivity contribution in [2.45, 2.75) is 25.0 Å². The van der Waals surface area contributed by atoms with E-state index in [2.05, 4.69) is 15.0 Å². The highest BCUT2D eigenvalue weighted by atomic mass is 32.1. The van der Waals surface area contributed by atoms with Crippen LogP contribution in [0, 0.1) is 6.92 Å². The van der Waals surface area contributed by atoms with E-state index in [9.17, 15) is 9.59 Å². The minimum Gasteiger partial charge on any atom is -0.361 e. The largest absolute Gasteiger partial charge is 0.361 e. The smallest absolute Gasteiger partial charge is 0.273 e. The maximum absolute atomic E-state index is 13.9. The fraction of sp³-hybridized carbons (Fsp3) is 0.348. The second kappa shape index (κ2) is 8.40. The van der Waals surface area contributed by atoms with Gasteiger partial charge in [-0.05, 0) is 36.2 Å². The first kappa shape index (κ1) is 20.7. The van der Waals surface area contributed by atoms with Crippen LogP contribution in [0.1, 0.15) is 32.5 Å². The fourth-order valence-corrected chi connectivity index (χ4v) is 5.14. The van der Waals surface area contributed by atoms with E-state index >= 15 is 0 Å². The van der Waals surface area contributed by atoms with Gasteiger partial charge in [0.25, 0.3) is 11.8 Å². The van der Waals surface area contributed by atoms with Gasteiger partial charge in [0.15, 0.2) is 5.60 Å². The predicted octanol–water partition coefficient (Wildman–Crippen LogP) is 2.28. The Bertz CT molecular complexity index is 1120. The number of morpholine rings is 1. The first-order valence-electron chi connectivity index (χ1n) is 10.5. The van der Waals surface area contributed by atoms with Crippen LogP contribution in [0.3, 0.4) is 0 Å². The van der Waals surface area contributed by atoms with Crippen LogP contribution in [0.4, 0.5) is 0 Å². The summed E-state index contributed by atoms with van der Waals surface area (Å²) in [5.41, 5.74) is 1.16. The molecule has 3 aromatic heterocycles. The molecule has 0 N–H and O–H groups in total. The number of hydrogen-bond acceptors (Lipinski definition) is 7. The van der Waals surface area contributed by atoms with Gasteiger partial charge in [-0.2, -0.15) is 0 Å². The molecule has 9 heteroatoms. The molecule has 2 aliphatic heterocycles. The number of aryl methyl sites for hydroxylation is 1. The van der Waals surface area contributed by atoms with Crippen molar-refractivity contribution in [2.24, 2.45) is 0 Å². The zero-order valence-corrected chi connectivity index (χ0v) is 18.5. The molecule has 2 saturated heterocycles. The summed E-state index contributed by atoms with van der Waals surface area (Å²) < 4.78 is 6.25. The van der Waals surface area contributed by atoms with Gasteiger partial charge in [0.05, 0.1) is 18.2 Å². The van der Waals surface area contributed by atoms with E-state index in [4.69, 9.17) is 4.74 Å². The normalized spacial score (nSPS) is 23.2. The van der Waals surface area contributed by atoms with Gasteiger partial charge in [-0.25, -0.2) is 4.98 Å². The van der Waals surface area contributed by atoms with E-state index in [1.165, 1.54) is 11.3 Å². The highest BCUT2D eigenvalue weighted by Crippen LogP contribution is 2.42. The summed E-state index contributed by atoms with van der Waals surface area (Å²) in [5, 5.41) is 2.60. The molecule has 8 nitrogen and oxygen atoms in total. The Labute approximate surface area is 189 Å². The van der Waals surface area contributed by atoms with Gasteiger partial charge >= 0.3 is 0 Å². The van der Waals surface area contributed by atoms with Crippen LogP contribution in [0.15, 0.2) is 54.4 Å². The molecule has 0 aliphatic carbocycles. The van der Waals surface area contributed by atoms with E-state index in [1.54, 1.807) is 35.1 Å². The number of carbonyl (C=O) groups excluding carboxylic acids is 2. The van der Waals surface area contributed by atoms with E-state index in [0.29, 0.717) is 31.9 Å². The molecule has 2 aliphatic rings. The lowest BCUT2D eigenvalue weighted by atomic mass is 9.83. The first-order chi connectivity index (χ1) is 15.6. The number of ether oxygens (including phenoxy) is 1. The number of aromatic nitrogens is 3. The van der Waals surface area contributed by atoms with Crippen molar-refractivity contribution in [3.8, 4) is 0 Å². The molecule has 0 bridgehead atoms. The lowest BCUT2D eigenvalue weighted by Crippen LogP contribution is -2.60. The summed E-state index contributed by atoms with van der Waals surface area (Å²) >= 11 is 1.44. The molecule has 164 valence electrons. The molecular formula is C23H23N5O3S. The SMILES string of the molecule is Cc1nc(C(=O)N2C[C@@H](c3cccnc3)[C@@]3(C2)OCCN(Cc2ccncc2)C3=O)cs1. The van der Waals surface area contributed by atoms with Gasteiger partial charge in [-0.15, -0.1) is 11.3 Å². The van der Waals surface area contributed by atoms with E-state index in [1.807, 2.05) is 36.1 Å². The third-order valence-corrected chi connectivity index (χ3v) is 6.87. The molecule has 1 spiro atoms. The molecule has 2 amide bonds. The third kappa shape index (κ3) is 3.67. The van der Waals surface area contributed by atoms with Gasteiger partial charge in [0.1, 0.15) is 5.69 Å². The Balaban J connectivity index is 1.48. The number of hydrogen-bond donors (Lipinski definition) is 0. The lowest BCUT2D eigenvalue weighted by Gasteiger charge is -2.42. The van der Waals surface area contributed by atoms with Crippen molar-refractivity contribution in [1.82, 2.24) is 24.8 Å². The number of rotatable bonds is 4. The second-order valence-electron chi connectivity index (χ2n) is 8.10. The molecule has 5 rings (SSSR count). The molecular weight excluding hydrogens is 426 g/mol. The van der Waals surface area contributed by atoms with Gasteiger partial charge in [-0.1, -0.05) is 6.07 Å². The van der Waals surface area contributed by atoms with Crippen LogP contribution in [0.5, 0.6) is 0 Å². The number of nitrogens with zero attached hydrogens (tertiary/aromatic N) is 5. The van der Waals surface area contributed by atoms with E-state index < -0.39 is 5.60 Å². The van der Waals surface area contributed by atoms with Crippen LogP contribution in [-0.2, 0) is 16.1 Å². The molecule has 3 aromatic rings. The number of carbonyl (C=O) groups is 2. The number of amides is 2. The molecule has 0 radical (unpaired) electrons. The maximum Gasteiger partial charge on any atom is 0.273 e. The summed E-state index contributed by atoms with van der Waals surface area (Å²) in [6.07, 6.45) is 6.90. The minimum atomic E-state index is -1.14. The lowest BCUT2D eigenvalue weighted by molar-refractivity contribution is -0.172. The molecule has 0 saturated carbocycles. The first-order valence-corrected chi connectivity index (χ1v) is 11.4. The molecule has 2 fully saturated rings. The van der Waals surface area contributed by atoms with E-state index in [0.717, 1.165) is 16.1 Å². The van der Waals surface area contributed by atoms with Gasteiger partial charge < -0.3 is 14.5 Å². The summed E-state index contributed by atoms with van der Waals surface area (Å²) in [6.45, 7) is 3.82. The zero-order valence-electron chi connectivity index (χ0n) is 17.7. The standard InChI is InChI=1S/C23H23N5O3S/c1-16-26-20(14-32-16)21(29)28-13-19(18-3-2-6-25-11-18)23(15-28)22(30)27(9-10-31-23)12-17-4-7-24-8-5-17/h2-8,11,14,19H,9-10,12-13,15H2,1H3/t19-,23+/m0/s1. The van der Waals surface area contributed by atoms with Gasteiger partial charge in [0.2, 0.25) is 0 Å². The van der Waals surface area contributed by atoms with Crippen LogP contribution < -0.4 is 0 Å². The summed E-state index contributed by atoms with van der Waals surface area (Å²) in [7, 11) is 0. The Hall–Kier alpha value is -3.17. The van der Waals surface area contributed by atoms with Crippen molar-refractivity contribution in [3.63, 3.8) is 0 Å². The predicted molar refractivity (Wildman–Crippen MR) is 118 cm³/mol. The molecule has 2 atom stereocenters. The van der Waals surface area contributed by atoms with Crippen LogP contribution in [-0.4, -0.2) is 68.4 Å². The summed E-state index contributed by atoms with van der Waals surface area (Å²) in [4.78, 5) is 43.2. The highest BCUT2D eigenvalue weighted by Gasteiger charge is 2.58. The zero-order chi connectivity index (χ0) is 22.1. The second-order valence-corrected chi connectivity index (χ2v) is 9.16. The molecule has 32 heavy (non-hydrogen) atoms. The summed E-state index contributed by atoms with van der Waals surface area (Å²) in [6, 6.07) is 7.60.